The van der Waals surface area contributed by atoms with Gasteiger partial charge in [0, 0.05) is 27.4 Å². The van der Waals surface area contributed by atoms with E-state index in [1.807, 2.05) is 37.3 Å². The van der Waals surface area contributed by atoms with Gasteiger partial charge in [0.25, 0.3) is 5.91 Å². The largest absolute Gasteiger partial charge is 0.479 e. The molecule has 0 saturated heterocycles. The lowest BCUT2D eigenvalue weighted by molar-refractivity contribution is -0.122. The van der Waals surface area contributed by atoms with Crippen molar-refractivity contribution in [3.8, 4) is 5.75 Å². The number of nitrogens with zero attached hydrogens (tertiary/aromatic N) is 2. The van der Waals surface area contributed by atoms with Crippen LogP contribution in [0, 0.1) is 6.92 Å². The number of aryl methyl sites for hydroxylation is 1. The fourth-order valence-electron chi connectivity index (χ4n) is 3.76. The van der Waals surface area contributed by atoms with Gasteiger partial charge in [-0.15, -0.1) is 16.4 Å². The van der Waals surface area contributed by atoms with Gasteiger partial charge in [0.05, 0.1) is 10.6 Å². The zero-order valence-electron chi connectivity index (χ0n) is 16.2. The molecule has 0 saturated carbocycles. The molecule has 3 heterocycles. The first-order valence-corrected chi connectivity index (χ1v) is 10.5. The van der Waals surface area contributed by atoms with Crippen LogP contribution >= 0.6 is 22.9 Å². The SMILES string of the molecule is CC1=NN=C(c2sc3cc(Cl)ccc3c2C)c2cc3c(cc2C1)NC(=O)C(C)O3. The first-order chi connectivity index (χ1) is 13.9. The third kappa shape index (κ3) is 3.03. The van der Waals surface area contributed by atoms with E-state index in [0.29, 0.717) is 17.9 Å². The Morgan fingerprint density at radius 1 is 1.21 bits per heavy atom. The summed E-state index contributed by atoms with van der Waals surface area (Å²) in [6.07, 6.45) is 0.134. The van der Waals surface area contributed by atoms with Crippen LogP contribution in [-0.2, 0) is 11.2 Å². The van der Waals surface area contributed by atoms with Gasteiger partial charge < -0.3 is 10.1 Å². The van der Waals surface area contributed by atoms with Crippen molar-refractivity contribution in [2.45, 2.75) is 33.3 Å². The highest BCUT2D eigenvalue weighted by Gasteiger charge is 2.28. The van der Waals surface area contributed by atoms with Crippen LogP contribution in [0.4, 0.5) is 5.69 Å². The van der Waals surface area contributed by atoms with Crippen molar-refractivity contribution >= 4 is 56.0 Å². The van der Waals surface area contributed by atoms with Gasteiger partial charge in [-0.3, -0.25) is 4.79 Å². The molecule has 1 atom stereocenters. The molecule has 0 spiro atoms. The highest BCUT2D eigenvalue weighted by molar-refractivity contribution is 7.21. The molecule has 7 heteroatoms. The fourth-order valence-corrected chi connectivity index (χ4v) is 5.24. The summed E-state index contributed by atoms with van der Waals surface area (Å²) in [7, 11) is 0. The average molecular weight is 424 g/mol. The van der Waals surface area contributed by atoms with E-state index in [-0.39, 0.29) is 5.91 Å². The number of nitrogens with one attached hydrogen (secondary N) is 1. The zero-order chi connectivity index (χ0) is 20.3. The maximum atomic E-state index is 12.0. The van der Waals surface area contributed by atoms with Crippen molar-refractivity contribution in [3.05, 3.63) is 56.9 Å². The van der Waals surface area contributed by atoms with Gasteiger partial charge in [0.1, 0.15) is 11.5 Å². The molecule has 1 amide bonds. The topological polar surface area (TPSA) is 63.0 Å². The molecular formula is C22H18ClN3O2S. The van der Waals surface area contributed by atoms with E-state index >= 15 is 0 Å². The average Bonchev–Trinajstić information content (AvgIpc) is 2.89. The van der Waals surface area contributed by atoms with Crippen LogP contribution < -0.4 is 10.1 Å². The van der Waals surface area contributed by atoms with Crippen molar-refractivity contribution in [2.24, 2.45) is 10.2 Å². The molecule has 3 aromatic rings. The highest BCUT2D eigenvalue weighted by Crippen LogP contribution is 2.39. The molecule has 5 nitrogen and oxygen atoms in total. The number of carbonyl (C=O) groups is 1. The normalized spacial score (nSPS) is 18.2. The summed E-state index contributed by atoms with van der Waals surface area (Å²) in [5.41, 5.74) is 5.63. The molecule has 1 unspecified atom stereocenters. The van der Waals surface area contributed by atoms with Gasteiger partial charge >= 0.3 is 0 Å². The second-order valence-corrected chi connectivity index (χ2v) is 8.90. The van der Waals surface area contributed by atoms with Crippen LogP contribution in [0.15, 0.2) is 40.5 Å². The Kier molecular flexibility index (Phi) is 4.22. The molecule has 0 radical (unpaired) electrons. The number of hydrogen-bond donors (Lipinski definition) is 1. The number of anilines is 1. The quantitative estimate of drug-likeness (QED) is 0.573. The zero-order valence-corrected chi connectivity index (χ0v) is 17.7. The maximum Gasteiger partial charge on any atom is 0.265 e. The van der Waals surface area contributed by atoms with Crippen molar-refractivity contribution in [1.82, 2.24) is 0 Å². The van der Waals surface area contributed by atoms with E-state index in [2.05, 4.69) is 22.4 Å². The van der Waals surface area contributed by atoms with Gasteiger partial charge in [-0.1, -0.05) is 17.7 Å². The van der Waals surface area contributed by atoms with Crippen molar-refractivity contribution in [2.75, 3.05) is 5.32 Å². The minimum atomic E-state index is -0.530. The molecule has 29 heavy (non-hydrogen) atoms. The number of rotatable bonds is 1. The van der Waals surface area contributed by atoms with Crippen molar-refractivity contribution in [1.29, 1.82) is 0 Å². The molecular weight excluding hydrogens is 406 g/mol. The number of carbonyl (C=O) groups excluding carboxylic acids is 1. The van der Waals surface area contributed by atoms with Crippen LogP contribution in [0.25, 0.3) is 10.1 Å². The van der Waals surface area contributed by atoms with Crippen molar-refractivity contribution < 1.29 is 9.53 Å². The van der Waals surface area contributed by atoms with E-state index in [9.17, 15) is 4.79 Å². The fraction of sp³-hybridized carbons (Fsp3) is 0.227. The smallest absolute Gasteiger partial charge is 0.265 e. The van der Waals surface area contributed by atoms with E-state index in [1.165, 1.54) is 5.39 Å². The third-order valence-corrected chi connectivity index (χ3v) is 6.77. The molecule has 2 aliphatic rings. The Bertz CT molecular complexity index is 1260. The molecule has 2 aliphatic heterocycles. The summed E-state index contributed by atoms with van der Waals surface area (Å²) in [5.74, 6) is 0.521. The predicted octanol–water partition coefficient (Wildman–Crippen LogP) is 5.35. The molecule has 2 aromatic carbocycles. The standard InChI is InChI=1S/C22H18ClN3O2S/c1-10-6-13-7-17-18(28-12(3)22(27)24-17)9-16(13)20(26-25-10)21-11(2)15-5-4-14(23)8-19(15)29-21/h4-5,7-9,12H,6H2,1-3H3,(H,24,27). The number of hydrogen-bond acceptors (Lipinski definition) is 5. The molecule has 5 rings (SSSR count). The number of thiophene rings is 1. The van der Waals surface area contributed by atoms with E-state index < -0.39 is 6.10 Å². The van der Waals surface area contributed by atoms with Crippen LogP contribution in [-0.4, -0.2) is 23.4 Å². The predicted molar refractivity (Wildman–Crippen MR) is 119 cm³/mol. The molecule has 1 N–H and O–H groups in total. The van der Waals surface area contributed by atoms with Crippen molar-refractivity contribution in [3.63, 3.8) is 0 Å². The van der Waals surface area contributed by atoms with E-state index in [0.717, 1.165) is 42.7 Å². The number of amides is 1. The number of fused-ring (bicyclic) bond motifs is 3. The summed E-state index contributed by atoms with van der Waals surface area (Å²) in [4.78, 5) is 13.1. The van der Waals surface area contributed by atoms with Crippen LogP contribution in [0.1, 0.15) is 35.4 Å². The Morgan fingerprint density at radius 2 is 2.03 bits per heavy atom. The number of halogens is 1. The number of benzene rings is 2. The summed E-state index contributed by atoms with van der Waals surface area (Å²) in [6.45, 7) is 5.80. The van der Waals surface area contributed by atoms with Gasteiger partial charge in [-0.25, -0.2) is 0 Å². The Hall–Kier alpha value is -2.70. The molecule has 1 aromatic heterocycles. The monoisotopic (exact) mass is 423 g/mol. The maximum absolute atomic E-state index is 12.0. The second kappa shape index (κ2) is 6.68. The van der Waals surface area contributed by atoms with Gasteiger partial charge in [0.2, 0.25) is 0 Å². The lowest BCUT2D eigenvalue weighted by atomic mass is 9.95. The molecule has 0 bridgehead atoms. The summed E-state index contributed by atoms with van der Waals surface area (Å²) in [5, 5.41) is 13.9. The Labute approximate surface area is 177 Å². The first-order valence-electron chi connectivity index (χ1n) is 9.35. The van der Waals surface area contributed by atoms with Crippen LogP contribution in [0.5, 0.6) is 5.75 Å². The first kappa shape index (κ1) is 18.3. The summed E-state index contributed by atoms with van der Waals surface area (Å²) < 4.78 is 6.97. The lowest BCUT2D eigenvalue weighted by Gasteiger charge is -2.25. The Morgan fingerprint density at radius 3 is 2.86 bits per heavy atom. The minimum absolute atomic E-state index is 0.136. The van der Waals surface area contributed by atoms with E-state index in [4.69, 9.17) is 16.3 Å². The number of ether oxygens (including phenoxy) is 1. The third-order valence-electron chi connectivity index (χ3n) is 5.27. The van der Waals surface area contributed by atoms with E-state index in [1.54, 1.807) is 18.3 Å². The van der Waals surface area contributed by atoms with Crippen LogP contribution in [0.3, 0.4) is 0 Å². The van der Waals surface area contributed by atoms with Crippen LogP contribution in [0.2, 0.25) is 5.02 Å². The molecule has 0 fully saturated rings. The lowest BCUT2D eigenvalue weighted by Crippen LogP contribution is -2.34. The van der Waals surface area contributed by atoms with Gasteiger partial charge in [-0.2, -0.15) is 5.10 Å². The minimum Gasteiger partial charge on any atom is -0.479 e. The van der Waals surface area contributed by atoms with Gasteiger partial charge in [0.15, 0.2) is 6.10 Å². The Balaban J connectivity index is 1.72. The summed E-state index contributed by atoms with van der Waals surface area (Å²) in [6, 6.07) is 9.90. The van der Waals surface area contributed by atoms with Gasteiger partial charge in [-0.05, 0) is 61.5 Å². The second-order valence-electron chi connectivity index (χ2n) is 7.41. The highest BCUT2D eigenvalue weighted by atomic mass is 35.5. The molecule has 146 valence electrons. The molecule has 0 aliphatic carbocycles. The summed E-state index contributed by atoms with van der Waals surface area (Å²) >= 11 is 7.86.